The maximum absolute atomic E-state index is 13.1. The van der Waals surface area contributed by atoms with E-state index < -0.39 is 0 Å². The molecule has 1 aliphatic rings. The molecule has 1 fully saturated rings. The van der Waals surface area contributed by atoms with Gasteiger partial charge in [0.25, 0.3) is 0 Å². The lowest BCUT2D eigenvalue weighted by Gasteiger charge is -2.29. The van der Waals surface area contributed by atoms with E-state index in [-0.39, 0.29) is 17.7 Å². The Labute approximate surface area is 170 Å². The van der Waals surface area contributed by atoms with Crippen molar-refractivity contribution in [2.45, 2.75) is 72.4 Å². The summed E-state index contributed by atoms with van der Waals surface area (Å²) in [5.74, 6) is 0.720. The average Bonchev–Trinajstić information content (AvgIpc) is 3.44. The third-order valence-corrected chi connectivity index (χ3v) is 5.38. The minimum atomic E-state index is 0.0331. The van der Waals surface area contributed by atoms with Crippen molar-refractivity contribution >= 4 is 23.2 Å². The number of nitrogens with one attached hydrogen (secondary N) is 1. The molecule has 1 saturated carbocycles. The molecule has 28 heavy (non-hydrogen) atoms. The molecule has 5 heteroatoms. The Balaban J connectivity index is 2.26. The molecular formula is C23H37N3O2. The Kier molecular flexibility index (Phi) is 7.90. The lowest BCUT2D eigenvalue weighted by atomic mass is 10.0. The molecular weight excluding hydrogens is 350 g/mol. The van der Waals surface area contributed by atoms with Crippen LogP contribution in [-0.2, 0) is 16.1 Å². The minimum absolute atomic E-state index is 0.0331. The van der Waals surface area contributed by atoms with Crippen molar-refractivity contribution in [3.05, 3.63) is 23.8 Å². The average molecular weight is 388 g/mol. The van der Waals surface area contributed by atoms with Gasteiger partial charge in [-0.1, -0.05) is 27.7 Å². The second-order valence-electron chi connectivity index (χ2n) is 8.59. The number of rotatable bonds is 10. The lowest BCUT2D eigenvalue weighted by molar-refractivity contribution is -0.137. The maximum Gasteiger partial charge on any atom is 0.226 e. The van der Waals surface area contributed by atoms with Crippen molar-refractivity contribution in [3.8, 4) is 0 Å². The molecule has 2 rings (SSSR count). The summed E-state index contributed by atoms with van der Waals surface area (Å²) in [6, 6.07) is 6.37. The van der Waals surface area contributed by atoms with E-state index in [1.165, 1.54) is 0 Å². The molecule has 0 spiro atoms. The highest BCUT2D eigenvalue weighted by Gasteiger charge is 2.35. The zero-order valence-electron chi connectivity index (χ0n) is 18.4. The van der Waals surface area contributed by atoms with Gasteiger partial charge in [-0.15, -0.1) is 0 Å². The van der Waals surface area contributed by atoms with Crippen LogP contribution in [0.5, 0.6) is 0 Å². The SMILES string of the molecule is CCC(CC)C(=O)N(Cc1cc(NC(=O)CC(C)C)ccc1N(C)C)C1CC1. The predicted molar refractivity (Wildman–Crippen MR) is 116 cm³/mol. The fourth-order valence-corrected chi connectivity index (χ4v) is 3.64. The summed E-state index contributed by atoms with van der Waals surface area (Å²) < 4.78 is 0. The quantitative estimate of drug-likeness (QED) is 0.635. The second kappa shape index (κ2) is 9.94. The molecule has 0 unspecified atom stereocenters. The Hall–Kier alpha value is -2.04. The summed E-state index contributed by atoms with van der Waals surface area (Å²) >= 11 is 0. The predicted octanol–water partition coefficient (Wildman–Crippen LogP) is 4.66. The van der Waals surface area contributed by atoms with Gasteiger partial charge >= 0.3 is 0 Å². The molecule has 1 aromatic carbocycles. The van der Waals surface area contributed by atoms with Crippen LogP contribution in [0.4, 0.5) is 11.4 Å². The van der Waals surface area contributed by atoms with Gasteiger partial charge in [0.2, 0.25) is 11.8 Å². The minimum Gasteiger partial charge on any atom is -0.377 e. The van der Waals surface area contributed by atoms with Gasteiger partial charge in [0, 0.05) is 50.4 Å². The fourth-order valence-electron chi connectivity index (χ4n) is 3.64. The van der Waals surface area contributed by atoms with E-state index in [0.717, 1.165) is 42.6 Å². The van der Waals surface area contributed by atoms with Crippen molar-refractivity contribution in [1.29, 1.82) is 0 Å². The van der Waals surface area contributed by atoms with E-state index in [2.05, 4.69) is 29.0 Å². The zero-order valence-corrected chi connectivity index (χ0v) is 18.4. The first-order chi connectivity index (χ1) is 13.3. The van der Waals surface area contributed by atoms with Crippen LogP contribution in [0.1, 0.15) is 65.4 Å². The number of carbonyl (C=O) groups excluding carboxylic acids is 2. The van der Waals surface area contributed by atoms with E-state index in [1.807, 2.05) is 46.1 Å². The van der Waals surface area contributed by atoms with E-state index >= 15 is 0 Å². The molecule has 0 aromatic heterocycles. The molecule has 2 amide bonds. The number of amides is 2. The molecule has 1 aliphatic carbocycles. The van der Waals surface area contributed by atoms with E-state index in [9.17, 15) is 9.59 Å². The Morgan fingerprint density at radius 2 is 1.79 bits per heavy atom. The summed E-state index contributed by atoms with van der Waals surface area (Å²) in [5.41, 5.74) is 2.97. The van der Waals surface area contributed by atoms with Gasteiger partial charge in [-0.2, -0.15) is 0 Å². The molecule has 0 aliphatic heterocycles. The number of hydrogen-bond donors (Lipinski definition) is 1. The van der Waals surface area contributed by atoms with Crippen LogP contribution < -0.4 is 10.2 Å². The maximum atomic E-state index is 13.1. The number of carbonyl (C=O) groups is 2. The molecule has 0 radical (unpaired) electrons. The van der Waals surface area contributed by atoms with Crippen LogP contribution in [0.2, 0.25) is 0 Å². The van der Waals surface area contributed by atoms with Crippen molar-refractivity contribution in [2.24, 2.45) is 11.8 Å². The van der Waals surface area contributed by atoms with E-state index in [0.29, 0.717) is 24.9 Å². The summed E-state index contributed by atoms with van der Waals surface area (Å²) in [6.07, 6.45) is 4.45. The van der Waals surface area contributed by atoms with Gasteiger partial charge in [0.1, 0.15) is 0 Å². The van der Waals surface area contributed by atoms with Gasteiger partial charge in [0.05, 0.1) is 0 Å². The number of nitrogens with zero attached hydrogens (tertiary/aromatic N) is 2. The first-order valence-electron chi connectivity index (χ1n) is 10.7. The van der Waals surface area contributed by atoms with Crippen LogP contribution >= 0.6 is 0 Å². The molecule has 0 saturated heterocycles. The molecule has 0 bridgehead atoms. The summed E-state index contributed by atoms with van der Waals surface area (Å²) in [7, 11) is 4.03. The number of hydrogen-bond acceptors (Lipinski definition) is 3. The van der Waals surface area contributed by atoms with Crippen LogP contribution in [-0.4, -0.2) is 36.9 Å². The van der Waals surface area contributed by atoms with Gasteiger partial charge in [-0.25, -0.2) is 0 Å². The van der Waals surface area contributed by atoms with Gasteiger partial charge in [-0.3, -0.25) is 9.59 Å². The highest BCUT2D eigenvalue weighted by Crippen LogP contribution is 2.33. The molecule has 1 N–H and O–H groups in total. The smallest absolute Gasteiger partial charge is 0.226 e. The normalized spacial score (nSPS) is 13.7. The number of anilines is 2. The first kappa shape index (κ1) is 22.3. The van der Waals surface area contributed by atoms with Gasteiger partial charge in [-0.05, 0) is 55.4 Å². The largest absolute Gasteiger partial charge is 0.377 e. The lowest BCUT2D eigenvalue weighted by Crippen LogP contribution is -2.37. The zero-order chi connectivity index (χ0) is 20.8. The van der Waals surface area contributed by atoms with Crippen LogP contribution in [0, 0.1) is 11.8 Å². The first-order valence-corrected chi connectivity index (χ1v) is 10.7. The molecule has 0 atom stereocenters. The van der Waals surface area contributed by atoms with Gasteiger partial charge in [0.15, 0.2) is 0 Å². The van der Waals surface area contributed by atoms with Gasteiger partial charge < -0.3 is 15.1 Å². The van der Waals surface area contributed by atoms with Crippen molar-refractivity contribution < 1.29 is 9.59 Å². The molecule has 1 aromatic rings. The summed E-state index contributed by atoms with van der Waals surface area (Å²) in [4.78, 5) is 29.4. The highest BCUT2D eigenvalue weighted by atomic mass is 16.2. The molecule has 156 valence electrons. The summed E-state index contributed by atoms with van der Waals surface area (Å²) in [6.45, 7) is 8.86. The highest BCUT2D eigenvalue weighted by molar-refractivity contribution is 5.91. The van der Waals surface area contributed by atoms with E-state index in [1.54, 1.807) is 0 Å². The Morgan fingerprint density at radius 3 is 2.29 bits per heavy atom. The molecule has 5 nitrogen and oxygen atoms in total. The van der Waals surface area contributed by atoms with Crippen molar-refractivity contribution in [2.75, 3.05) is 24.3 Å². The Morgan fingerprint density at radius 1 is 1.14 bits per heavy atom. The second-order valence-corrected chi connectivity index (χ2v) is 8.59. The van der Waals surface area contributed by atoms with Crippen molar-refractivity contribution in [3.63, 3.8) is 0 Å². The fraction of sp³-hybridized carbons (Fsp3) is 0.652. The van der Waals surface area contributed by atoms with E-state index in [4.69, 9.17) is 0 Å². The third-order valence-electron chi connectivity index (χ3n) is 5.38. The van der Waals surface area contributed by atoms with Crippen molar-refractivity contribution in [1.82, 2.24) is 4.90 Å². The summed E-state index contributed by atoms with van der Waals surface area (Å²) in [5, 5.41) is 3.01. The van der Waals surface area contributed by atoms with Crippen LogP contribution in [0.15, 0.2) is 18.2 Å². The van der Waals surface area contributed by atoms with Crippen LogP contribution in [0.3, 0.4) is 0 Å². The number of benzene rings is 1. The Bertz CT molecular complexity index is 676. The van der Waals surface area contributed by atoms with Crippen LogP contribution in [0.25, 0.3) is 0 Å². The molecule has 0 heterocycles. The monoisotopic (exact) mass is 387 g/mol. The standard InChI is InChI=1S/C23H37N3O2/c1-7-17(8-2)23(28)26(20-10-11-20)15-18-14-19(9-12-21(18)25(5)6)24-22(27)13-16(3)4/h9,12,14,16-17,20H,7-8,10-11,13,15H2,1-6H3,(H,24,27). The topological polar surface area (TPSA) is 52.7 Å². The third kappa shape index (κ3) is 5.98.